The quantitative estimate of drug-likeness (QED) is 0.244. The molecule has 4 rings (SSSR count). The van der Waals surface area contributed by atoms with E-state index in [4.69, 9.17) is 4.74 Å². The SMILES string of the molecule is Cc1ccc(/C(O)=C2\C(=O)C(=O)N(CCCn3ccnc3)C2c2cccc(OCCC(C)C)c2)cc1. The van der Waals surface area contributed by atoms with Crippen LogP contribution in [0.1, 0.15) is 49.4 Å². The minimum Gasteiger partial charge on any atom is -0.507 e. The number of carbonyl (C=O) groups is 2. The fourth-order valence-electron chi connectivity index (χ4n) is 4.35. The van der Waals surface area contributed by atoms with E-state index in [0.29, 0.717) is 43.3 Å². The smallest absolute Gasteiger partial charge is 0.295 e. The standard InChI is InChI=1S/C29H33N3O4/c1-20(2)12-17-36-24-7-4-6-23(18-24)26-25(27(33)22-10-8-21(3)9-11-22)28(34)29(35)32(26)15-5-14-31-16-13-30-19-31/h4,6-11,13,16,18-20,26,33H,5,12,14-15,17H2,1-3H3/b27-25+. The first-order chi connectivity index (χ1) is 17.3. The Labute approximate surface area is 212 Å². The zero-order valence-corrected chi connectivity index (χ0v) is 21.1. The zero-order chi connectivity index (χ0) is 25.7. The molecule has 1 aromatic heterocycles. The van der Waals surface area contributed by atoms with Crippen LogP contribution in [0.15, 0.2) is 72.8 Å². The average Bonchev–Trinajstić information content (AvgIpc) is 3.46. The van der Waals surface area contributed by atoms with Crippen molar-refractivity contribution in [3.63, 3.8) is 0 Å². The van der Waals surface area contributed by atoms with E-state index >= 15 is 0 Å². The van der Waals surface area contributed by atoms with Crippen molar-refractivity contribution in [1.29, 1.82) is 0 Å². The number of likely N-dealkylation sites (tertiary alicyclic amines) is 1. The molecule has 2 heterocycles. The van der Waals surface area contributed by atoms with Gasteiger partial charge in [0, 0.05) is 31.0 Å². The average molecular weight is 488 g/mol. The van der Waals surface area contributed by atoms with Gasteiger partial charge in [-0.1, -0.05) is 55.8 Å². The number of benzene rings is 2. The van der Waals surface area contributed by atoms with E-state index < -0.39 is 17.7 Å². The summed E-state index contributed by atoms with van der Waals surface area (Å²) in [7, 11) is 0. The molecule has 1 amide bonds. The zero-order valence-electron chi connectivity index (χ0n) is 21.1. The van der Waals surface area contributed by atoms with Crippen LogP contribution in [0.4, 0.5) is 0 Å². The van der Waals surface area contributed by atoms with Crippen molar-refractivity contribution in [2.45, 2.75) is 46.2 Å². The number of aromatic nitrogens is 2. The molecule has 1 saturated heterocycles. The van der Waals surface area contributed by atoms with Gasteiger partial charge >= 0.3 is 0 Å². The summed E-state index contributed by atoms with van der Waals surface area (Å²) in [5.74, 6) is -0.253. The van der Waals surface area contributed by atoms with Gasteiger partial charge in [0.1, 0.15) is 11.5 Å². The highest BCUT2D eigenvalue weighted by molar-refractivity contribution is 6.46. The van der Waals surface area contributed by atoms with Crippen LogP contribution in [0.25, 0.3) is 5.76 Å². The van der Waals surface area contributed by atoms with Crippen molar-refractivity contribution in [3.05, 3.63) is 89.5 Å². The number of hydrogen-bond donors (Lipinski definition) is 1. The summed E-state index contributed by atoms with van der Waals surface area (Å²) in [6.07, 6.45) is 6.85. The summed E-state index contributed by atoms with van der Waals surface area (Å²) in [5, 5.41) is 11.2. The van der Waals surface area contributed by atoms with Gasteiger partial charge in [0.25, 0.3) is 11.7 Å². The molecule has 0 aliphatic carbocycles. The molecule has 2 aromatic carbocycles. The van der Waals surface area contributed by atoms with Crippen molar-refractivity contribution in [2.24, 2.45) is 5.92 Å². The first-order valence-electron chi connectivity index (χ1n) is 12.4. The largest absolute Gasteiger partial charge is 0.507 e. The van der Waals surface area contributed by atoms with Gasteiger partial charge in [-0.05, 0) is 43.4 Å². The molecule has 0 radical (unpaired) electrons. The van der Waals surface area contributed by atoms with Gasteiger partial charge in [-0.15, -0.1) is 0 Å². The van der Waals surface area contributed by atoms with E-state index in [2.05, 4.69) is 18.8 Å². The molecule has 1 N–H and O–H groups in total. The van der Waals surface area contributed by atoms with Crippen LogP contribution in [0.3, 0.4) is 0 Å². The first-order valence-corrected chi connectivity index (χ1v) is 12.4. The van der Waals surface area contributed by atoms with E-state index in [0.717, 1.165) is 17.5 Å². The second kappa shape index (κ2) is 11.2. The van der Waals surface area contributed by atoms with Crippen LogP contribution in [0.5, 0.6) is 5.75 Å². The number of aliphatic hydroxyl groups is 1. The third-order valence-corrected chi connectivity index (χ3v) is 6.38. The third kappa shape index (κ3) is 5.67. The predicted octanol–water partition coefficient (Wildman–Crippen LogP) is 5.13. The summed E-state index contributed by atoms with van der Waals surface area (Å²) in [5.41, 5.74) is 2.37. The molecule has 0 spiro atoms. The van der Waals surface area contributed by atoms with Crippen LogP contribution in [-0.2, 0) is 16.1 Å². The summed E-state index contributed by atoms with van der Waals surface area (Å²) in [6, 6.07) is 14.0. The lowest BCUT2D eigenvalue weighted by Crippen LogP contribution is -2.31. The van der Waals surface area contributed by atoms with E-state index in [9.17, 15) is 14.7 Å². The maximum atomic E-state index is 13.2. The molecule has 1 aliphatic heterocycles. The molecule has 1 atom stereocenters. The lowest BCUT2D eigenvalue weighted by atomic mass is 9.95. The highest BCUT2D eigenvalue weighted by atomic mass is 16.5. The number of ketones is 1. The number of aryl methyl sites for hydroxylation is 2. The van der Waals surface area contributed by atoms with Crippen LogP contribution in [0.2, 0.25) is 0 Å². The Kier molecular flexibility index (Phi) is 7.88. The summed E-state index contributed by atoms with van der Waals surface area (Å²) in [6.45, 7) is 7.83. The predicted molar refractivity (Wildman–Crippen MR) is 138 cm³/mol. The molecule has 7 heteroatoms. The van der Waals surface area contributed by atoms with Gasteiger partial charge in [-0.3, -0.25) is 9.59 Å². The lowest BCUT2D eigenvalue weighted by molar-refractivity contribution is -0.139. The van der Waals surface area contributed by atoms with Crippen LogP contribution < -0.4 is 4.74 Å². The molecule has 0 saturated carbocycles. The molecular formula is C29H33N3O4. The summed E-state index contributed by atoms with van der Waals surface area (Å²) < 4.78 is 7.88. The maximum absolute atomic E-state index is 13.2. The Balaban J connectivity index is 1.69. The van der Waals surface area contributed by atoms with E-state index in [1.165, 1.54) is 0 Å². The first kappa shape index (κ1) is 25.2. The molecule has 7 nitrogen and oxygen atoms in total. The Morgan fingerprint density at radius 2 is 1.89 bits per heavy atom. The molecule has 188 valence electrons. The van der Waals surface area contributed by atoms with Gasteiger partial charge in [-0.25, -0.2) is 4.98 Å². The second-order valence-electron chi connectivity index (χ2n) is 9.62. The van der Waals surface area contributed by atoms with Crippen molar-refractivity contribution < 1.29 is 19.4 Å². The number of amides is 1. The minimum absolute atomic E-state index is 0.103. The number of hydrogen-bond acceptors (Lipinski definition) is 5. The molecule has 36 heavy (non-hydrogen) atoms. The normalized spacial score (nSPS) is 17.2. The van der Waals surface area contributed by atoms with Gasteiger partial charge in [0.05, 0.1) is 24.5 Å². The van der Waals surface area contributed by atoms with Crippen LogP contribution in [0, 0.1) is 12.8 Å². The highest BCUT2D eigenvalue weighted by Crippen LogP contribution is 2.40. The molecular weight excluding hydrogens is 454 g/mol. The number of Topliss-reactive ketones (excluding diaryl/α,β-unsaturated/α-hetero) is 1. The maximum Gasteiger partial charge on any atom is 0.295 e. The van der Waals surface area contributed by atoms with Crippen molar-refractivity contribution in [1.82, 2.24) is 14.5 Å². The summed E-state index contributed by atoms with van der Waals surface area (Å²) >= 11 is 0. The highest BCUT2D eigenvalue weighted by Gasteiger charge is 2.45. The number of carbonyl (C=O) groups excluding carboxylic acids is 2. The van der Waals surface area contributed by atoms with Gasteiger partial charge in [-0.2, -0.15) is 0 Å². The van der Waals surface area contributed by atoms with Crippen molar-refractivity contribution in [2.75, 3.05) is 13.2 Å². The number of rotatable bonds is 10. The minimum atomic E-state index is -0.706. The third-order valence-electron chi connectivity index (χ3n) is 6.38. The Morgan fingerprint density at radius 3 is 2.58 bits per heavy atom. The lowest BCUT2D eigenvalue weighted by Gasteiger charge is -2.26. The van der Waals surface area contributed by atoms with E-state index in [1.54, 1.807) is 29.6 Å². The molecule has 0 bridgehead atoms. The number of aliphatic hydroxyl groups excluding tert-OH is 1. The molecule has 1 unspecified atom stereocenters. The molecule has 1 fully saturated rings. The molecule has 3 aromatic rings. The van der Waals surface area contributed by atoms with Crippen LogP contribution in [-0.4, -0.2) is 44.4 Å². The monoisotopic (exact) mass is 487 g/mol. The fourth-order valence-corrected chi connectivity index (χ4v) is 4.35. The Hall–Kier alpha value is -3.87. The van der Waals surface area contributed by atoms with Gasteiger partial charge in [0.15, 0.2) is 0 Å². The number of imidazole rings is 1. The fraction of sp³-hybridized carbons (Fsp3) is 0.345. The van der Waals surface area contributed by atoms with Crippen molar-refractivity contribution in [3.8, 4) is 5.75 Å². The topological polar surface area (TPSA) is 84.7 Å². The van der Waals surface area contributed by atoms with E-state index in [1.807, 2.05) is 54.1 Å². The summed E-state index contributed by atoms with van der Waals surface area (Å²) in [4.78, 5) is 32.1. The molecule has 1 aliphatic rings. The van der Waals surface area contributed by atoms with E-state index in [-0.39, 0.29) is 11.3 Å². The number of ether oxygens (including phenoxy) is 1. The van der Waals surface area contributed by atoms with Gasteiger partial charge in [0.2, 0.25) is 0 Å². The Bertz CT molecular complexity index is 1230. The van der Waals surface area contributed by atoms with Crippen molar-refractivity contribution >= 4 is 17.4 Å². The van der Waals surface area contributed by atoms with Gasteiger partial charge < -0.3 is 19.3 Å². The second-order valence-corrected chi connectivity index (χ2v) is 9.62. The van der Waals surface area contributed by atoms with Crippen LogP contribution >= 0.6 is 0 Å². The Morgan fingerprint density at radius 1 is 1.11 bits per heavy atom. The number of nitrogens with zero attached hydrogens (tertiary/aromatic N) is 3.